The second-order valence-electron chi connectivity index (χ2n) is 4.40. The van der Waals surface area contributed by atoms with Gasteiger partial charge in [-0.05, 0) is 0 Å². The Hall–Kier alpha value is -2.54. The van der Waals surface area contributed by atoms with Gasteiger partial charge in [-0.1, -0.05) is 18.2 Å². The summed E-state index contributed by atoms with van der Waals surface area (Å²) in [5.41, 5.74) is 13.3. The molecule has 6 nitrogen and oxygen atoms in total. The summed E-state index contributed by atoms with van der Waals surface area (Å²) in [7, 11) is 0. The second-order valence-corrected chi connectivity index (χ2v) is 4.40. The number of rotatable bonds is 3. The molecule has 0 aliphatic rings. The van der Waals surface area contributed by atoms with E-state index in [0.717, 1.165) is 0 Å². The molecule has 3 aromatic rings. The highest BCUT2D eigenvalue weighted by Crippen LogP contribution is 2.18. The van der Waals surface area contributed by atoms with Crippen molar-refractivity contribution in [1.29, 1.82) is 0 Å². The summed E-state index contributed by atoms with van der Waals surface area (Å²) in [5.74, 6) is 0.0174. The van der Waals surface area contributed by atoms with Crippen molar-refractivity contribution < 1.29 is 4.39 Å². The largest absolute Gasteiger partial charge is 0.382 e. The zero-order valence-corrected chi connectivity index (χ0v) is 10.6. The molecule has 1 aromatic carbocycles. The number of anilines is 1. The minimum Gasteiger partial charge on any atom is -0.382 e. The summed E-state index contributed by atoms with van der Waals surface area (Å²) in [6, 6.07) is 5.17. The quantitative estimate of drug-likeness (QED) is 0.743. The Bertz CT molecular complexity index is 767. The third-order valence-corrected chi connectivity index (χ3v) is 3.15. The van der Waals surface area contributed by atoms with Crippen LogP contribution in [-0.4, -0.2) is 19.5 Å². The summed E-state index contributed by atoms with van der Waals surface area (Å²) in [5, 5.41) is 0. The van der Waals surface area contributed by atoms with Crippen LogP contribution in [0.1, 0.15) is 11.1 Å². The first kappa shape index (κ1) is 12.5. The smallest absolute Gasteiger partial charge is 0.165 e. The van der Waals surface area contributed by atoms with E-state index in [9.17, 15) is 4.39 Å². The van der Waals surface area contributed by atoms with Crippen LogP contribution in [0.25, 0.3) is 11.2 Å². The van der Waals surface area contributed by atoms with Crippen LogP contribution < -0.4 is 11.5 Å². The van der Waals surface area contributed by atoms with Gasteiger partial charge in [-0.15, -0.1) is 0 Å². The third-order valence-electron chi connectivity index (χ3n) is 3.15. The van der Waals surface area contributed by atoms with Gasteiger partial charge in [0, 0.05) is 17.7 Å². The lowest BCUT2D eigenvalue weighted by molar-refractivity contribution is 0.585. The van der Waals surface area contributed by atoms with Crippen LogP contribution in [0.5, 0.6) is 0 Å². The summed E-state index contributed by atoms with van der Waals surface area (Å²) < 4.78 is 15.9. The van der Waals surface area contributed by atoms with Crippen LogP contribution >= 0.6 is 0 Å². The average Bonchev–Trinajstić information content (AvgIpc) is 2.86. The summed E-state index contributed by atoms with van der Waals surface area (Å²) in [4.78, 5) is 12.2. The second kappa shape index (κ2) is 4.86. The lowest BCUT2D eigenvalue weighted by Crippen LogP contribution is -2.06. The number of aromatic nitrogens is 4. The molecule has 7 heteroatoms. The third kappa shape index (κ3) is 1.97. The maximum atomic E-state index is 14.2. The van der Waals surface area contributed by atoms with Crippen molar-refractivity contribution in [3.05, 3.63) is 47.8 Å². The van der Waals surface area contributed by atoms with E-state index < -0.39 is 0 Å². The molecule has 2 aromatic heterocycles. The highest BCUT2D eigenvalue weighted by molar-refractivity contribution is 5.81. The normalized spacial score (nSPS) is 11.1. The number of nitrogens with two attached hydrogens (primary N) is 2. The number of hydrogen-bond donors (Lipinski definition) is 2. The Balaban J connectivity index is 2.04. The first-order chi connectivity index (χ1) is 9.70. The van der Waals surface area contributed by atoms with Gasteiger partial charge in [-0.2, -0.15) is 0 Å². The highest BCUT2D eigenvalue weighted by atomic mass is 19.1. The number of hydrogen-bond acceptors (Lipinski definition) is 5. The van der Waals surface area contributed by atoms with Gasteiger partial charge in [0.05, 0.1) is 12.9 Å². The summed E-state index contributed by atoms with van der Waals surface area (Å²) >= 11 is 0. The Morgan fingerprint density at radius 1 is 1.15 bits per heavy atom. The van der Waals surface area contributed by atoms with Crippen LogP contribution in [0.2, 0.25) is 0 Å². The monoisotopic (exact) mass is 272 g/mol. The number of benzene rings is 1. The zero-order chi connectivity index (χ0) is 14.1. The minimum atomic E-state index is -0.293. The molecule has 0 aliphatic carbocycles. The molecule has 0 saturated carbocycles. The van der Waals surface area contributed by atoms with Gasteiger partial charge in [0.25, 0.3) is 0 Å². The number of imidazole rings is 1. The average molecular weight is 272 g/mol. The van der Waals surface area contributed by atoms with Crippen LogP contribution in [0.3, 0.4) is 0 Å². The molecule has 0 radical (unpaired) electrons. The molecule has 0 aliphatic heterocycles. The van der Waals surface area contributed by atoms with Crippen LogP contribution in [0, 0.1) is 5.82 Å². The van der Waals surface area contributed by atoms with Crippen molar-refractivity contribution in [2.75, 3.05) is 5.73 Å². The van der Waals surface area contributed by atoms with Gasteiger partial charge >= 0.3 is 0 Å². The lowest BCUT2D eigenvalue weighted by Gasteiger charge is -2.08. The minimum absolute atomic E-state index is 0.166. The molecular formula is C13H13FN6. The Labute approximate surface area is 114 Å². The molecule has 102 valence electrons. The fourth-order valence-corrected chi connectivity index (χ4v) is 2.11. The lowest BCUT2D eigenvalue weighted by atomic mass is 10.1. The predicted octanol–water partition coefficient (Wildman–Crippen LogP) is 1.05. The Kier molecular flexibility index (Phi) is 3.03. The van der Waals surface area contributed by atoms with E-state index in [1.54, 1.807) is 29.1 Å². The van der Waals surface area contributed by atoms with Crippen LogP contribution in [0.4, 0.5) is 10.2 Å². The highest BCUT2D eigenvalue weighted by Gasteiger charge is 2.11. The molecule has 0 unspecified atom stereocenters. The summed E-state index contributed by atoms with van der Waals surface area (Å²) in [6.07, 6.45) is 2.94. The van der Waals surface area contributed by atoms with Crippen molar-refractivity contribution in [2.45, 2.75) is 13.1 Å². The van der Waals surface area contributed by atoms with Gasteiger partial charge < -0.3 is 16.0 Å². The topological polar surface area (TPSA) is 95.6 Å². The maximum absolute atomic E-state index is 14.2. The van der Waals surface area contributed by atoms with E-state index >= 15 is 0 Å². The molecule has 0 spiro atoms. The zero-order valence-electron chi connectivity index (χ0n) is 10.6. The van der Waals surface area contributed by atoms with Gasteiger partial charge in [-0.25, -0.2) is 19.3 Å². The van der Waals surface area contributed by atoms with Crippen molar-refractivity contribution in [2.24, 2.45) is 5.73 Å². The predicted molar refractivity (Wildman–Crippen MR) is 73.1 cm³/mol. The molecule has 20 heavy (non-hydrogen) atoms. The standard InChI is InChI=1S/C13H13FN6/c14-10-8(4-15)2-1-3-9(10)5-20-7-19-11-12(16)17-6-18-13(11)20/h1-3,6-7H,4-5,15H2,(H2,16,17,18). The van der Waals surface area contributed by atoms with Crippen LogP contribution in [-0.2, 0) is 13.1 Å². The van der Waals surface area contributed by atoms with E-state index in [1.807, 2.05) is 0 Å². The van der Waals surface area contributed by atoms with Gasteiger partial charge in [0.15, 0.2) is 11.5 Å². The first-order valence-corrected chi connectivity index (χ1v) is 6.08. The molecule has 4 N–H and O–H groups in total. The molecule has 0 fully saturated rings. The maximum Gasteiger partial charge on any atom is 0.165 e. The van der Waals surface area contributed by atoms with E-state index in [4.69, 9.17) is 11.5 Å². The van der Waals surface area contributed by atoms with Crippen molar-refractivity contribution in [3.63, 3.8) is 0 Å². The Morgan fingerprint density at radius 2 is 1.95 bits per heavy atom. The SMILES string of the molecule is NCc1cccc(Cn2cnc3c(N)ncnc32)c1F. The number of halogens is 1. The number of nitrogen functional groups attached to an aromatic ring is 1. The van der Waals surface area contributed by atoms with E-state index in [0.29, 0.717) is 34.7 Å². The fraction of sp³-hybridized carbons (Fsp3) is 0.154. The molecule has 3 rings (SSSR count). The molecule has 2 heterocycles. The van der Waals surface area contributed by atoms with E-state index in [2.05, 4.69) is 15.0 Å². The van der Waals surface area contributed by atoms with Crippen LogP contribution in [0.15, 0.2) is 30.9 Å². The first-order valence-electron chi connectivity index (χ1n) is 6.08. The molecule has 0 bridgehead atoms. The molecule has 0 amide bonds. The Morgan fingerprint density at radius 3 is 2.75 bits per heavy atom. The van der Waals surface area contributed by atoms with Gasteiger partial charge in [-0.3, -0.25) is 0 Å². The fourth-order valence-electron chi connectivity index (χ4n) is 2.11. The molecule has 0 saturated heterocycles. The number of nitrogens with zero attached hydrogens (tertiary/aromatic N) is 4. The van der Waals surface area contributed by atoms with Crippen molar-refractivity contribution >= 4 is 17.0 Å². The molecular weight excluding hydrogens is 259 g/mol. The molecule has 0 atom stereocenters. The van der Waals surface area contributed by atoms with E-state index in [-0.39, 0.29) is 12.4 Å². The number of fused-ring (bicyclic) bond motifs is 1. The summed E-state index contributed by atoms with van der Waals surface area (Å²) in [6.45, 7) is 0.478. The van der Waals surface area contributed by atoms with Gasteiger partial charge in [0.1, 0.15) is 17.7 Å². The van der Waals surface area contributed by atoms with Crippen molar-refractivity contribution in [1.82, 2.24) is 19.5 Å². The van der Waals surface area contributed by atoms with Crippen molar-refractivity contribution in [3.8, 4) is 0 Å². The van der Waals surface area contributed by atoms with E-state index in [1.165, 1.54) is 6.33 Å². The van der Waals surface area contributed by atoms with Gasteiger partial charge in [0.2, 0.25) is 0 Å².